The summed E-state index contributed by atoms with van der Waals surface area (Å²) in [4.78, 5) is 19.6. The average Bonchev–Trinajstić information content (AvgIpc) is 2.64. The van der Waals surface area contributed by atoms with E-state index in [9.17, 15) is 4.79 Å². The lowest BCUT2D eigenvalue weighted by molar-refractivity contribution is -0.121. The Morgan fingerprint density at radius 3 is 3.06 bits per heavy atom. The second-order valence-corrected chi connectivity index (χ2v) is 4.07. The molecule has 1 aliphatic heterocycles. The van der Waals surface area contributed by atoms with Crippen molar-refractivity contribution < 1.29 is 9.53 Å². The average molecular weight is 242 g/mol. The van der Waals surface area contributed by atoms with Crippen LogP contribution in [0.3, 0.4) is 0 Å². The van der Waals surface area contributed by atoms with Crippen molar-refractivity contribution in [1.82, 2.24) is 9.97 Å². The molecule has 1 saturated heterocycles. The van der Waals surface area contributed by atoms with Crippen LogP contribution in [0.15, 0.2) is 12.4 Å². The molecule has 1 aliphatic rings. The Balaban J connectivity index is 2.02. The van der Waals surface area contributed by atoms with Gasteiger partial charge in [0, 0.05) is 6.61 Å². The molecule has 86 valence electrons. The van der Waals surface area contributed by atoms with Gasteiger partial charge in [0.05, 0.1) is 24.4 Å². The highest BCUT2D eigenvalue weighted by molar-refractivity contribution is 6.29. The molecule has 1 aromatic rings. The number of nitrogens with one attached hydrogen (secondary N) is 1. The summed E-state index contributed by atoms with van der Waals surface area (Å²) in [6.07, 6.45) is 3.57. The summed E-state index contributed by atoms with van der Waals surface area (Å²) in [6.45, 7) is 2.52. The van der Waals surface area contributed by atoms with Crippen LogP contribution in [-0.4, -0.2) is 28.6 Å². The quantitative estimate of drug-likeness (QED) is 0.852. The first-order chi connectivity index (χ1) is 7.66. The summed E-state index contributed by atoms with van der Waals surface area (Å²) in [7, 11) is 0. The van der Waals surface area contributed by atoms with Crippen LogP contribution >= 0.6 is 11.6 Å². The zero-order valence-corrected chi connectivity index (χ0v) is 9.57. The van der Waals surface area contributed by atoms with Crippen molar-refractivity contribution >= 4 is 23.3 Å². The summed E-state index contributed by atoms with van der Waals surface area (Å²) < 4.78 is 5.33. The fourth-order valence-electron chi connectivity index (χ4n) is 1.70. The second kappa shape index (κ2) is 4.76. The zero-order valence-electron chi connectivity index (χ0n) is 8.81. The summed E-state index contributed by atoms with van der Waals surface area (Å²) in [6, 6.07) is 0. The maximum atomic E-state index is 11.8. The van der Waals surface area contributed by atoms with Gasteiger partial charge in [0.1, 0.15) is 5.15 Å². The van der Waals surface area contributed by atoms with Crippen molar-refractivity contribution in [3.63, 3.8) is 0 Å². The molecular formula is C10H12ClN3O2. The van der Waals surface area contributed by atoms with Gasteiger partial charge in [-0.05, 0) is 13.3 Å². The van der Waals surface area contributed by atoms with Crippen LogP contribution in [0.4, 0.5) is 5.82 Å². The van der Waals surface area contributed by atoms with E-state index in [1.807, 2.05) is 6.92 Å². The molecule has 1 fully saturated rings. The van der Waals surface area contributed by atoms with E-state index in [0.29, 0.717) is 12.4 Å². The van der Waals surface area contributed by atoms with Gasteiger partial charge in [0.25, 0.3) is 0 Å². The van der Waals surface area contributed by atoms with Crippen LogP contribution in [-0.2, 0) is 9.53 Å². The van der Waals surface area contributed by atoms with Gasteiger partial charge in [-0.2, -0.15) is 0 Å². The molecule has 16 heavy (non-hydrogen) atoms. The van der Waals surface area contributed by atoms with Crippen molar-refractivity contribution in [2.24, 2.45) is 5.92 Å². The van der Waals surface area contributed by atoms with Gasteiger partial charge in [0.15, 0.2) is 5.82 Å². The van der Waals surface area contributed by atoms with E-state index in [1.165, 1.54) is 12.4 Å². The minimum Gasteiger partial charge on any atom is -0.378 e. The van der Waals surface area contributed by atoms with Gasteiger partial charge in [-0.15, -0.1) is 0 Å². The first-order valence-corrected chi connectivity index (χ1v) is 5.44. The Morgan fingerprint density at radius 1 is 1.62 bits per heavy atom. The Kier molecular flexibility index (Phi) is 3.36. The molecule has 2 heterocycles. The molecule has 0 aromatic carbocycles. The molecule has 1 amide bonds. The molecule has 0 aliphatic carbocycles. The van der Waals surface area contributed by atoms with Crippen LogP contribution in [0, 0.1) is 5.92 Å². The number of hydrogen-bond acceptors (Lipinski definition) is 4. The van der Waals surface area contributed by atoms with Crippen molar-refractivity contribution in [2.45, 2.75) is 19.4 Å². The number of carbonyl (C=O) groups excluding carboxylic acids is 1. The Labute approximate surface area is 98.2 Å². The summed E-state index contributed by atoms with van der Waals surface area (Å²) in [5, 5.41) is 2.94. The maximum Gasteiger partial charge on any atom is 0.231 e. The van der Waals surface area contributed by atoms with Crippen LogP contribution < -0.4 is 5.32 Å². The first kappa shape index (κ1) is 11.3. The van der Waals surface area contributed by atoms with Crippen LogP contribution in [0.25, 0.3) is 0 Å². The molecule has 5 nitrogen and oxygen atoms in total. The molecule has 2 rings (SSSR count). The van der Waals surface area contributed by atoms with Crippen molar-refractivity contribution in [1.29, 1.82) is 0 Å². The van der Waals surface area contributed by atoms with Gasteiger partial charge in [-0.25, -0.2) is 4.98 Å². The Bertz CT molecular complexity index is 399. The number of ether oxygens (including phenoxy) is 1. The van der Waals surface area contributed by atoms with Gasteiger partial charge in [-0.3, -0.25) is 9.78 Å². The number of carbonyl (C=O) groups is 1. The number of anilines is 1. The summed E-state index contributed by atoms with van der Waals surface area (Å²) >= 11 is 5.67. The lowest BCUT2D eigenvalue weighted by Gasteiger charge is -2.13. The van der Waals surface area contributed by atoms with Crippen LogP contribution in [0.5, 0.6) is 0 Å². The third-order valence-corrected chi connectivity index (χ3v) is 2.75. The lowest BCUT2D eigenvalue weighted by atomic mass is 10.0. The fourth-order valence-corrected chi connectivity index (χ4v) is 1.84. The largest absolute Gasteiger partial charge is 0.378 e. The van der Waals surface area contributed by atoms with E-state index in [-0.39, 0.29) is 23.1 Å². The number of aromatic nitrogens is 2. The smallest absolute Gasteiger partial charge is 0.231 e. The van der Waals surface area contributed by atoms with E-state index < -0.39 is 0 Å². The van der Waals surface area contributed by atoms with E-state index >= 15 is 0 Å². The molecule has 2 atom stereocenters. The van der Waals surface area contributed by atoms with Crippen molar-refractivity contribution in [3.05, 3.63) is 17.5 Å². The number of amides is 1. The molecule has 0 saturated carbocycles. The highest BCUT2D eigenvalue weighted by Gasteiger charge is 2.30. The monoisotopic (exact) mass is 241 g/mol. The number of hydrogen-bond donors (Lipinski definition) is 1. The predicted molar refractivity (Wildman–Crippen MR) is 59.2 cm³/mol. The molecule has 1 aromatic heterocycles. The molecular weight excluding hydrogens is 230 g/mol. The first-order valence-electron chi connectivity index (χ1n) is 5.07. The van der Waals surface area contributed by atoms with Gasteiger partial charge >= 0.3 is 0 Å². The van der Waals surface area contributed by atoms with E-state index in [0.717, 1.165) is 6.42 Å². The molecule has 1 N–H and O–H groups in total. The summed E-state index contributed by atoms with van der Waals surface area (Å²) in [5.74, 6) is 0.152. The third-order valence-electron chi connectivity index (χ3n) is 2.57. The van der Waals surface area contributed by atoms with Crippen molar-refractivity contribution in [3.8, 4) is 0 Å². The van der Waals surface area contributed by atoms with Gasteiger partial charge in [0.2, 0.25) is 5.91 Å². The normalized spacial score (nSPS) is 24.4. The van der Waals surface area contributed by atoms with E-state index in [1.54, 1.807) is 0 Å². The van der Waals surface area contributed by atoms with Crippen LogP contribution in [0.1, 0.15) is 13.3 Å². The van der Waals surface area contributed by atoms with E-state index in [2.05, 4.69) is 15.3 Å². The molecule has 2 unspecified atom stereocenters. The minimum absolute atomic E-state index is 0.0489. The standard InChI is InChI=1S/C10H12ClN3O2/c1-6-7(2-3-16-6)10(15)14-9-5-12-4-8(11)13-9/h4-7H,2-3H2,1H3,(H,13,14,15). The van der Waals surface area contributed by atoms with Crippen LogP contribution in [0.2, 0.25) is 5.15 Å². The Hall–Kier alpha value is -1.20. The fraction of sp³-hybridized carbons (Fsp3) is 0.500. The second-order valence-electron chi connectivity index (χ2n) is 3.69. The minimum atomic E-state index is -0.124. The SMILES string of the molecule is CC1OCCC1C(=O)Nc1cncc(Cl)n1. The zero-order chi connectivity index (χ0) is 11.5. The molecule has 0 spiro atoms. The molecule has 0 bridgehead atoms. The number of halogens is 1. The number of nitrogens with zero attached hydrogens (tertiary/aromatic N) is 2. The van der Waals surface area contributed by atoms with Gasteiger partial charge < -0.3 is 10.1 Å². The Morgan fingerprint density at radius 2 is 2.44 bits per heavy atom. The van der Waals surface area contributed by atoms with E-state index in [4.69, 9.17) is 16.3 Å². The number of rotatable bonds is 2. The topological polar surface area (TPSA) is 64.1 Å². The van der Waals surface area contributed by atoms with Crippen molar-refractivity contribution in [2.75, 3.05) is 11.9 Å². The third kappa shape index (κ3) is 2.48. The molecule has 0 radical (unpaired) electrons. The summed E-state index contributed by atoms with van der Waals surface area (Å²) in [5.41, 5.74) is 0. The lowest BCUT2D eigenvalue weighted by Crippen LogP contribution is -2.28. The highest BCUT2D eigenvalue weighted by atomic mass is 35.5. The van der Waals surface area contributed by atoms with Gasteiger partial charge in [-0.1, -0.05) is 11.6 Å². The maximum absolute atomic E-state index is 11.8. The predicted octanol–water partition coefficient (Wildman–Crippen LogP) is 1.49. The highest BCUT2D eigenvalue weighted by Crippen LogP contribution is 2.21. The molecule has 6 heteroatoms.